The van der Waals surface area contributed by atoms with Crippen LogP contribution >= 0.6 is 11.5 Å². The van der Waals surface area contributed by atoms with Crippen LogP contribution < -0.4 is 21.5 Å². The van der Waals surface area contributed by atoms with Gasteiger partial charge in [0.2, 0.25) is 11.8 Å². The standard InChI is InChI=1S/C25H24FN5O5S/c1-12(36-15-5-7-18(29-11-15)23(33)13-2-3-13)21-9-19(31-37-21)14-4-6-16(17(26)8-14)25(35)30-20(24(28)34)10-22(27)32/h4-9,11-13,20H,2-3,10H2,1H3,(H2,27,32)(H2,28,34)(H,30,35)/t12-,20+/m1/s1. The molecule has 3 aromatic rings. The molecule has 1 fully saturated rings. The minimum atomic E-state index is -1.35. The average Bonchev–Trinajstić information content (AvgIpc) is 3.58. The second kappa shape index (κ2) is 10.8. The van der Waals surface area contributed by atoms with Crippen LogP contribution in [-0.2, 0) is 9.59 Å². The molecule has 12 heteroatoms. The lowest BCUT2D eigenvalue weighted by Crippen LogP contribution is -2.46. The Kier molecular flexibility index (Phi) is 7.58. The van der Waals surface area contributed by atoms with Crippen LogP contribution in [-0.4, -0.2) is 38.9 Å². The minimum absolute atomic E-state index is 0.0563. The lowest BCUT2D eigenvalue weighted by Gasteiger charge is -2.14. The van der Waals surface area contributed by atoms with Crippen LogP contribution in [0.25, 0.3) is 11.3 Å². The molecule has 0 radical (unpaired) electrons. The first-order chi connectivity index (χ1) is 17.6. The second-order valence-corrected chi connectivity index (χ2v) is 9.52. The van der Waals surface area contributed by atoms with E-state index in [0.717, 1.165) is 23.8 Å². The van der Waals surface area contributed by atoms with Crippen LogP contribution in [0, 0.1) is 11.7 Å². The van der Waals surface area contributed by atoms with E-state index in [1.54, 1.807) is 18.2 Å². The SMILES string of the molecule is C[C@@H](Oc1ccc(C(=O)C2CC2)nc1)c1cc(-c2ccc(C(=O)N[C@@H](CC(N)=O)C(N)=O)c(F)c2)ns1. The maximum Gasteiger partial charge on any atom is 0.254 e. The Balaban J connectivity index is 1.41. The molecule has 192 valence electrons. The molecule has 4 rings (SSSR count). The van der Waals surface area contributed by atoms with Gasteiger partial charge in [0.15, 0.2) is 5.78 Å². The highest BCUT2D eigenvalue weighted by atomic mass is 32.1. The third-order valence-corrected chi connectivity index (χ3v) is 6.69. The van der Waals surface area contributed by atoms with Crippen molar-refractivity contribution in [3.8, 4) is 17.0 Å². The maximum atomic E-state index is 14.7. The molecule has 2 aromatic heterocycles. The van der Waals surface area contributed by atoms with Crippen molar-refractivity contribution in [3.63, 3.8) is 0 Å². The number of nitrogens with one attached hydrogen (secondary N) is 1. The lowest BCUT2D eigenvalue weighted by atomic mass is 10.1. The van der Waals surface area contributed by atoms with E-state index in [1.165, 1.54) is 29.9 Å². The molecule has 1 aromatic carbocycles. The van der Waals surface area contributed by atoms with Crippen molar-refractivity contribution < 1.29 is 28.3 Å². The highest BCUT2D eigenvalue weighted by Gasteiger charge is 2.31. The molecule has 5 N–H and O–H groups in total. The van der Waals surface area contributed by atoms with Crippen LogP contribution in [0.2, 0.25) is 0 Å². The third kappa shape index (κ3) is 6.33. The molecule has 0 aliphatic heterocycles. The van der Waals surface area contributed by atoms with E-state index >= 15 is 0 Å². The third-order valence-electron chi connectivity index (χ3n) is 5.74. The molecule has 37 heavy (non-hydrogen) atoms. The molecule has 0 spiro atoms. The summed E-state index contributed by atoms with van der Waals surface area (Å²) in [5.74, 6) is -2.90. The summed E-state index contributed by atoms with van der Waals surface area (Å²) in [6.07, 6.45) is 2.45. The van der Waals surface area contributed by atoms with Crippen LogP contribution in [0.3, 0.4) is 0 Å². The number of carbonyl (C=O) groups is 4. The highest BCUT2D eigenvalue weighted by Crippen LogP contribution is 2.33. The van der Waals surface area contributed by atoms with Gasteiger partial charge in [0.05, 0.1) is 28.8 Å². The van der Waals surface area contributed by atoms with Crippen LogP contribution in [0.15, 0.2) is 42.6 Å². The zero-order valence-corrected chi connectivity index (χ0v) is 20.6. The van der Waals surface area contributed by atoms with Gasteiger partial charge in [-0.25, -0.2) is 9.37 Å². The van der Waals surface area contributed by atoms with Gasteiger partial charge >= 0.3 is 0 Å². The molecular formula is C25H24FN5O5S. The van der Waals surface area contributed by atoms with E-state index in [4.69, 9.17) is 16.2 Å². The van der Waals surface area contributed by atoms with E-state index in [2.05, 4.69) is 14.7 Å². The van der Waals surface area contributed by atoms with Crippen molar-refractivity contribution in [2.45, 2.75) is 38.3 Å². The summed E-state index contributed by atoms with van der Waals surface area (Å²) in [7, 11) is 0. The Hall–Kier alpha value is -4.19. The van der Waals surface area contributed by atoms with Crippen LogP contribution in [0.1, 0.15) is 58.0 Å². The summed E-state index contributed by atoms with van der Waals surface area (Å²) in [5, 5.41) is 2.22. The zero-order chi connectivity index (χ0) is 26.7. The fraction of sp³-hybridized carbons (Fsp3) is 0.280. The monoisotopic (exact) mass is 525 g/mol. The van der Waals surface area contributed by atoms with Crippen molar-refractivity contribution in [1.29, 1.82) is 0 Å². The molecule has 2 heterocycles. The molecule has 2 atom stereocenters. The van der Waals surface area contributed by atoms with Gasteiger partial charge < -0.3 is 21.5 Å². The van der Waals surface area contributed by atoms with Crippen molar-refractivity contribution in [2.24, 2.45) is 17.4 Å². The van der Waals surface area contributed by atoms with Gasteiger partial charge in [0.25, 0.3) is 5.91 Å². The van der Waals surface area contributed by atoms with E-state index in [9.17, 15) is 23.6 Å². The number of hydrogen-bond acceptors (Lipinski definition) is 8. The number of pyridine rings is 1. The van der Waals surface area contributed by atoms with Gasteiger partial charge in [-0.05, 0) is 61.6 Å². The number of nitrogens with zero attached hydrogens (tertiary/aromatic N) is 2. The van der Waals surface area contributed by atoms with Crippen LogP contribution in [0.5, 0.6) is 5.75 Å². The summed E-state index contributed by atoms with van der Waals surface area (Å²) in [5.41, 5.74) is 11.2. The van der Waals surface area contributed by atoms with Gasteiger partial charge in [-0.2, -0.15) is 4.37 Å². The predicted octanol–water partition coefficient (Wildman–Crippen LogP) is 2.54. The van der Waals surface area contributed by atoms with Gasteiger partial charge in [0, 0.05) is 11.5 Å². The number of Topliss-reactive ketones (excluding diaryl/α,β-unsaturated/α-hetero) is 1. The predicted molar refractivity (Wildman–Crippen MR) is 132 cm³/mol. The summed E-state index contributed by atoms with van der Waals surface area (Å²) < 4.78 is 25.0. The molecule has 3 amide bonds. The van der Waals surface area contributed by atoms with Crippen molar-refractivity contribution >= 4 is 35.0 Å². The fourth-order valence-corrected chi connectivity index (χ4v) is 4.27. The molecule has 0 bridgehead atoms. The van der Waals surface area contributed by atoms with Crippen LogP contribution in [0.4, 0.5) is 4.39 Å². The molecule has 1 saturated carbocycles. The number of halogens is 1. The Morgan fingerprint density at radius 2 is 1.92 bits per heavy atom. The zero-order valence-electron chi connectivity index (χ0n) is 19.8. The first kappa shape index (κ1) is 25.9. The number of primary amides is 2. The van der Waals surface area contributed by atoms with Gasteiger partial charge in [0.1, 0.15) is 29.4 Å². The van der Waals surface area contributed by atoms with E-state index < -0.39 is 36.0 Å². The average molecular weight is 526 g/mol. The molecule has 10 nitrogen and oxygen atoms in total. The summed E-state index contributed by atoms with van der Waals surface area (Å²) in [4.78, 5) is 52.0. The highest BCUT2D eigenvalue weighted by molar-refractivity contribution is 7.06. The number of hydrogen-bond donors (Lipinski definition) is 3. The quantitative estimate of drug-likeness (QED) is 0.323. The Morgan fingerprint density at radius 3 is 2.51 bits per heavy atom. The minimum Gasteiger partial charge on any atom is -0.484 e. The van der Waals surface area contributed by atoms with Crippen molar-refractivity contribution in [3.05, 3.63) is 64.5 Å². The summed E-state index contributed by atoms with van der Waals surface area (Å²) in [6, 6.07) is 7.65. The molecule has 0 unspecified atom stereocenters. The smallest absolute Gasteiger partial charge is 0.254 e. The number of aromatic nitrogens is 2. The number of benzene rings is 1. The largest absolute Gasteiger partial charge is 0.484 e. The Labute approximate surface area is 215 Å². The number of nitrogens with two attached hydrogens (primary N) is 2. The van der Waals surface area contributed by atoms with Crippen molar-refractivity contribution in [2.75, 3.05) is 0 Å². The summed E-state index contributed by atoms with van der Waals surface area (Å²) in [6.45, 7) is 1.83. The Bertz CT molecular complexity index is 1360. The van der Waals surface area contributed by atoms with E-state index in [0.29, 0.717) is 22.7 Å². The molecule has 1 aliphatic carbocycles. The fourth-order valence-electron chi connectivity index (χ4n) is 3.55. The first-order valence-electron chi connectivity index (χ1n) is 11.4. The maximum absolute atomic E-state index is 14.7. The number of carbonyl (C=O) groups excluding carboxylic acids is 4. The molecule has 1 aliphatic rings. The number of ketones is 1. The number of amides is 3. The lowest BCUT2D eigenvalue weighted by molar-refractivity contribution is -0.124. The van der Waals surface area contributed by atoms with Gasteiger partial charge in [-0.1, -0.05) is 6.07 Å². The molecular weight excluding hydrogens is 501 g/mol. The summed E-state index contributed by atoms with van der Waals surface area (Å²) >= 11 is 1.18. The van der Waals surface area contributed by atoms with Gasteiger partial charge in [-0.15, -0.1) is 0 Å². The van der Waals surface area contributed by atoms with E-state index in [1.807, 2.05) is 6.92 Å². The normalized spacial score (nSPS) is 14.4. The van der Waals surface area contributed by atoms with E-state index in [-0.39, 0.29) is 23.4 Å². The van der Waals surface area contributed by atoms with Gasteiger partial charge in [-0.3, -0.25) is 19.2 Å². The molecule has 0 saturated heterocycles. The first-order valence-corrected chi connectivity index (χ1v) is 12.2. The number of rotatable bonds is 11. The van der Waals surface area contributed by atoms with Crippen molar-refractivity contribution in [1.82, 2.24) is 14.7 Å². The number of ether oxygens (including phenoxy) is 1. The topological polar surface area (TPSA) is 167 Å². The second-order valence-electron chi connectivity index (χ2n) is 8.69. The Morgan fingerprint density at radius 1 is 1.16 bits per heavy atom.